The molecule has 2 aromatic heterocycles. The lowest BCUT2D eigenvalue weighted by molar-refractivity contribution is 0.338. The van der Waals surface area contributed by atoms with E-state index in [4.69, 9.17) is 5.10 Å². The van der Waals surface area contributed by atoms with Crippen molar-refractivity contribution < 1.29 is 8.42 Å². The zero-order chi connectivity index (χ0) is 21.3. The highest BCUT2D eigenvalue weighted by atomic mass is 32.2. The van der Waals surface area contributed by atoms with Gasteiger partial charge >= 0.3 is 0 Å². The average molecular weight is 430 g/mol. The van der Waals surface area contributed by atoms with E-state index >= 15 is 0 Å². The molecule has 0 radical (unpaired) electrons. The van der Waals surface area contributed by atoms with E-state index in [9.17, 15) is 13.2 Å². The van der Waals surface area contributed by atoms with Gasteiger partial charge in [0.1, 0.15) is 5.39 Å². The Balaban J connectivity index is 1.66. The number of aromatic amines is 1. The number of anilines is 2. The Morgan fingerprint density at radius 2 is 1.80 bits per heavy atom. The summed E-state index contributed by atoms with van der Waals surface area (Å²) in [6, 6.07) is 8.42. The van der Waals surface area contributed by atoms with Gasteiger partial charge in [-0.1, -0.05) is 19.3 Å². The van der Waals surface area contributed by atoms with Crippen molar-refractivity contribution in [2.45, 2.75) is 62.9 Å². The van der Waals surface area contributed by atoms with E-state index in [-0.39, 0.29) is 22.5 Å². The number of hydrogen-bond donors (Lipinski definition) is 3. The molecule has 0 amide bonds. The van der Waals surface area contributed by atoms with Gasteiger partial charge in [-0.25, -0.2) is 13.1 Å². The van der Waals surface area contributed by atoms with Gasteiger partial charge < -0.3 is 10.3 Å². The van der Waals surface area contributed by atoms with Crippen molar-refractivity contribution in [2.24, 2.45) is 0 Å². The third-order valence-corrected chi connectivity index (χ3v) is 7.04. The SMILES string of the molecule is CC(C)NS(=O)(=O)c1ccc(Nc2nn(C3CCCCC3)c3cc[nH]c(=O)c23)cc1. The number of hydrogen-bond acceptors (Lipinski definition) is 5. The van der Waals surface area contributed by atoms with E-state index in [1.54, 1.807) is 32.2 Å². The second-order valence-electron chi connectivity index (χ2n) is 8.08. The first-order valence-corrected chi connectivity index (χ1v) is 11.8. The van der Waals surface area contributed by atoms with Gasteiger partial charge in [0.05, 0.1) is 16.5 Å². The molecule has 1 saturated carbocycles. The molecule has 0 aliphatic heterocycles. The molecule has 2 heterocycles. The molecule has 0 atom stereocenters. The molecule has 1 aromatic carbocycles. The summed E-state index contributed by atoms with van der Waals surface area (Å²) in [5, 5.41) is 8.45. The van der Waals surface area contributed by atoms with Crippen LogP contribution in [0.5, 0.6) is 0 Å². The van der Waals surface area contributed by atoms with Crippen LogP contribution in [-0.4, -0.2) is 29.2 Å². The van der Waals surface area contributed by atoms with E-state index in [1.165, 1.54) is 31.4 Å². The first-order valence-electron chi connectivity index (χ1n) is 10.3. The molecule has 8 nitrogen and oxygen atoms in total. The Hall–Kier alpha value is -2.65. The molecule has 3 N–H and O–H groups in total. The van der Waals surface area contributed by atoms with E-state index in [1.807, 2.05) is 10.7 Å². The summed E-state index contributed by atoms with van der Waals surface area (Å²) in [5.74, 6) is 0.480. The minimum Gasteiger partial charge on any atom is -0.338 e. The molecule has 1 aliphatic rings. The lowest BCUT2D eigenvalue weighted by Gasteiger charge is -2.22. The fourth-order valence-electron chi connectivity index (χ4n) is 4.02. The molecule has 9 heteroatoms. The normalized spacial score (nSPS) is 15.7. The fraction of sp³-hybridized carbons (Fsp3) is 0.429. The summed E-state index contributed by atoms with van der Waals surface area (Å²) >= 11 is 0. The summed E-state index contributed by atoms with van der Waals surface area (Å²) in [6.07, 6.45) is 7.33. The van der Waals surface area contributed by atoms with Crippen molar-refractivity contribution >= 4 is 32.4 Å². The standard InChI is InChI=1S/C21H27N5O3S/c1-14(2)25-30(28,29)17-10-8-15(9-11-17)23-20-19-18(12-13-22-21(19)27)26(24-20)16-6-4-3-5-7-16/h8-14,16,25H,3-7H2,1-2H3,(H,22,27)(H,23,24). The van der Waals surface area contributed by atoms with Crippen LogP contribution in [0.25, 0.3) is 10.9 Å². The average Bonchev–Trinajstić information content (AvgIpc) is 3.08. The highest BCUT2D eigenvalue weighted by molar-refractivity contribution is 7.89. The number of pyridine rings is 1. The second-order valence-corrected chi connectivity index (χ2v) is 9.79. The lowest BCUT2D eigenvalue weighted by atomic mass is 9.95. The van der Waals surface area contributed by atoms with Crippen LogP contribution in [0.4, 0.5) is 11.5 Å². The summed E-state index contributed by atoms with van der Waals surface area (Å²) in [5.41, 5.74) is 1.28. The number of nitrogens with zero attached hydrogens (tertiary/aromatic N) is 2. The van der Waals surface area contributed by atoms with Gasteiger partial charge in [-0.05, 0) is 57.0 Å². The molecule has 0 bridgehead atoms. The van der Waals surface area contributed by atoms with Crippen molar-refractivity contribution in [1.29, 1.82) is 0 Å². The predicted octanol–water partition coefficient (Wildman–Crippen LogP) is 3.66. The molecular formula is C21H27N5O3S. The van der Waals surface area contributed by atoms with Crippen LogP contribution < -0.4 is 15.6 Å². The largest absolute Gasteiger partial charge is 0.338 e. The molecule has 0 saturated heterocycles. The highest BCUT2D eigenvalue weighted by Gasteiger charge is 2.22. The molecule has 160 valence electrons. The number of sulfonamides is 1. The van der Waals surface area contributed by atoms with Crippen molar-refractivity contribution in [3.8, 4) is 0 Å². The molecule has 4 rings (SSSR count). The summed E-state index contributed by atoms with van der Waals surface area (Å²) < 4.78 is 29.2. The maximum absolute atomic E-state index is 12.5. The zero-order valence-electron chi connectivity index (χ0n) is 17.2. The maximum Gasteiger partial charge on any atom is 0.261 e. The smallest absolute Gasteiger partial charge is 0.261 e. The fourth-order valence-corrected chi connectivity index (χ4v) is 5.27. The maximum atomic E-state index is 12.5. The minimum absolute atomic E-state index is 0.186. The van der Waals surface area contributed by atoms with Gasteiger partial charge in [0.2, 0.25) is 10.0 Å². The highest BCUT2D eigenvalue weighted by Crippen LogP contribution is 2.32. The first kappa shape index (κ1) is 20.6. The van der Waals surface area contributed by atoms with Gasteiger partial charge in [-0.2, -0.15) is 5.10 Å². The van der Waals surface area contributed by atoms with Gasteiger partial charge in [0.15, 0.2) is 5.82 Å². The third kappa shape index (κ3) is 4.13. The summed E-state index contributed by atoms with van der Waals surface area (Å²) in [4.78, 5) is 15.5. The quantitative estimate of drug-likeness (QED) is 0.554. The van der Waals surface area contributed by atoms with Crippen LogP contribution in [0.3, 0.4) is 0 Å². The number of aromatic nitrogens is 3. The van der Waals surface area contributed by atoms with E-state index in [2.05, 4.69) is 15.0 Å². The second kappa shape index (κ2) is 8.23. The summed E-state index contributed by atoms with van der Waals surface area (Å²) in [6.45, 7) is 3.55. The third-order valence-electron chi connectivity index (χ3n) is 5.37. The topological polar surface area (TPSA) is 109 Å². The molecular weight excluding hydrogens is 402 g/mol. The Bertz CT molecular complexity index is 1190. The van der Waals surface area contributed by atoms with Crippen LogP contribution in [0, 0.1) is 0 Å². The number of fused-ring (bicyclic) bond motifs is 1. The van der Waals surface area contributed by atoms with Crippen LogP contribution in [0.1, 0.15) is 52.0 Å². The van der Waals surface area contributed by atoms with Crippen LogP contribution in [0.15, 0.2) is 46.2 Å². The zero-order valence-corrected chi connectivity index (χ0v) is 18.0. The van der Waals surface area contributed by atoms with Crippen LogP contribution >= 0.6 is 0 Å². The number of H-pyrrole nitrogens is 1. The summed E-state index contributed by atoms with van der Waals surface area (Å²) in [7, 11) is -3.55. The van der Waals surface area contributed by atoms with Crippen LogP contribution in [0.2, 0.25) is 0 Å². The Morgan fingerprint density at radius 1 is 1.10 bits per heavy atom. The van der Waals surface area contributed by atoms with Gasteiger partial charge in [-0.3, -0.25) is 9.48 Å². The van der Waals surface area contributed by atoms with Crippen molar-refractivity contribution in [2.75, 3.05) is 5.32 Å². The lowest BCUT2D eigenvalue weighted by Crippen LogP contribution is -2.30. The van der Waals surface area contributed by atoms with Crippen LogP contribution in [-0.2, 0) is 10.0 Å². The van der Waals surface area contributed by atoms with Gasteiger partial charge in [0.25, 0.3) is 5.56 Å². The van der Waals surface area contributed by atoms with Crippen molar-refractivity contribution in [3.63, 3.8) is 0 Å². The number of rotatable bonds is 6. The Morgan fingerprint density at radius 3 is 2.47 bits per heavy atom. The molecule has 1 aliphatic carbocycles. The van der Waals surface area contributed by atoms with Crippen molar-refractivity contribution in [1.82, 2.24) is 19.5 Å². The Kier molecular flexibility index (Phi) is 5.66. The molecule has 3 aromatic rings. The molecule has 0 unspecified atom stereocenters. The van der Waals surface area contributed by atoms with E-state index in [0.717, 1.165) is 18.4 Å². The Labute approximate surface area is 175 Å². The van der Waals surface area contributed by atoms with Crippen molar-refractivity contribution in [3.05, 3.63) is 46.9 Å². The first-order chi connectivity index (χ1) is 14.3. The van der Waals surface area contributed by atoms with Gasteiger partial charge in [0, 0.05) is 17.9 Å². The molecule has 0 spiro atoms. The number of benzene rings is 1. The minimum atomic E-state index is -3.55. The van der Waals surface area contributed by atoms with E-state index in [0.29, 0.717) is 16.9 Å². The number of nitrogens with one attached hydrogen (secondary N) is 3. The monoisotopic (exact) mass is 429 g/mol. The molecule has 1 fully saturated rings. The van der Waals surface area contributed by atoms with E-state index < -0.39 is 10.0 Å². The van der Waals surface area contributed by atoms with Gasteiger partial charge in [-0.15, -0.1) is 0 Å². The molecule has 30 heavy (non-hydrogen) atoms. The predicted molar refractivity (Wildman–Crippen MR) is 118 cm³/mol.